The number of carbonyl (C=O) groups excluding carboxylic acids is 3. The van der Waals surface area contributed by atoms with Gasteiger partial charge in [0.15, 0.2) is 5.78 Å². The SMILES string of the molecule is CCC[C@@H](C)NC(=O)[C@@H]1C[C@@]2(C)CC2N1C(=O)Cn1nc(C(C)=O)c2cc(-c3cnc(C)nc3)ccc21. The highest BCUT2D eigenvalue weighted by Crippen LogP contribution is 2.59. The molecule has 0 spiro atoms. The maximum absolute atomic E-state index is 13.6. The molecule has 1 saturated carbocycles. The van der Waals surface area contributed by atoms with Gasteiger partial charge >= 0.3 is 0 Å². The summed E-state index contributed by atoms with van der Waals surface area (Å²) < 4.78 is 1.59. The Hall–Kier alpha value is -3.62. The summed E-state index contributed by atoms with van der Waals surface area (Å²) in [6, 6.07) is 5.35. The molecule has 0 radical (unpaired) electrons. The van der Waals surface area contributed by atoms with Crippen LogP contribution in [-0.2, 0) is 16.1 Å². The summed E-state index contributed by atoms with van der Waals surface area (Å²) in [5, 5.41) is 8.31. The Kier molecular flexibility index (Phi) is 6.33. The molecule has 194 valence electrons. The van der Waals surface area contributed by atoms with Crippen LogP contribution in [0.1, 0.15) is 69.7 Å². The largest absolute Gasteiger partial charge is 0.352 e. The lowest BCUT2D eigenvalue weighted by molar-refractivity contribution is -0.140. The summed E-state index contributed by atoms with van der Waals surface area (Å²) in [6.45, 7) is 9.51. The Morgan fingerprint density at radius 1 is 1.16 bits per heavy atom. The maximum Gasteiger partial charge on any atom is 0.245 e. The van der Waals surface area contributed by atoms with Gasteiger partial charge in [0.2, 0.25) is 11.8 Å². The Morgan fingerprint density at radius 2 is 1.89 bits per heavy atom. The monoisotopic (exact) mass is 502 g/mol. The molecule has 2 aromatic heterocycles. The van der Waals surface area contributed by atoms with Gasteiger partial charge in [-0.1, -0.05) is 26.3 Å². The minimum absolute atomic E-state index is 0.00655. The van der Waals surface area contributed by atoms with Crippen LogP contribution in [0.15, 0.2) is 30.6 Å². The van der Waals surface area contributed by atoms with E-state index in [0.29, 0.717) is 28.8 Å². The number of aryl methyl sites for hydroxylation is 1. The van der Waals surface area contributed by atoms with Crippen molar-refractivity contribution in [1.82, 2.24) is 30.0 Å². The van der Waals surface area contributed by atoms with Gasteiger partial charge in [-0.05, 0) is 56.2 Å². The molecule has 9 nitrogen and oxygen atoms in total. The van der Waals surface area contributed by atoms with Crippen LogP contribution >= 0.6 is 0 Å². The second-order valence-corrected chi connectivity index (χ2v) is 10.9. The average Bonchev–Trinajstić information content (AvgIpc) is 3.22. The predicted octanol–water partition coefficient (Wildman–Crippen LogP) is 3.69. The van der Waals surface area contributed by atoms with Gasteiger partial charge in [0.1, 0.15) is 24.1 Å². The van der Waals surface area contributed by atoms with Crippen molar-refractivity contribution in [3.63, 3.8) is 0 Å². The lowest BCUT2D eigenvalue weighted by Gasteiger charge is -2.28. The van der Waals surface area contributed by atoms with Gasteiger partial charge in [-0.25, -0.2) is 9.97 Å². The number of piperidine rings is 1. The number of fused-ring (bicyclic) bond motifs is 2. The first kappa shape index (κ1) is 25.0. The predicted molar refractivity (Wildman–Crippen MR) is 140 cm³/mol. The number of Topliss-reactive ketones (excluding diaryl/α,β-unsaturated/α-hetero) is 1. The van der Waals surface area contributed by atoms with Crippen molar-refractivity contribution in [2.24, 2.45) is 5.41 Å². The summed E-state index contributed by atoms with van der Waals surface area (Å²) in [4.78, 5) is 49.5. The van der Waals surface area contributed by atoms with E-state index in [1.165, 1.54) is 6.92 Å². The fraction of sp³-hybridized carbons (Fsp3) is 0.500. The van der Waals surface area contributed by atoms with Gasteiger partial charge < -0.3 is 10.2 Å². The van der Waals surface area contributed by atoms with E-state index in [2.05, 4.69) is 34.2 Å². The molecule has 1 aromatic carbocycles. The summed E-state index contributed by atoms with van der Waals surface area (Å²) in [7, 11) is 0. The van der Waals surface area contributed by atoms with Crippen molar-refractivity contribution >= 4 is 28.5 Å². The molecule has 4 atom stereocenters. The molecule has 0 bridgehead atoms. The van der Waals surface area contributed by atoms with Crippen LogP contribution in [0, 0.1) is 12.3 Å². The third kappa shape index (κ3) is 4.63. The number of likely N-dealkylation sites (tertiary alicyclic amines) is 1. The Bertz CT molecular complexity index is 1380. The van der Waals surface area contributed by atoms with Crippen LogP contribution in [0.5, 0.6) is 0 Å². The number of rotatable bonds is 8. The van der Waals surface area contributed by atoms with E-state index in [1.54, 1.807) is 22.0 Å². The van der Waals surface area contributed by atoms with E-state index in [0.717, 1.165) is 30.4 Å². The first-order valence-electron chi connectivity index (χ1n) is 13.0. The summed E-state index contributed by atoms with van der Waals surface area (Å²) in [5.74, 6) is 0.278. The molecule has 3 heterocycles. The number of nitrogens with zero attached hydrogens (tertiary/aromatic N) is 5. The Morgan fingerprint density at radius 3 is 2.57 bits per heavy atom. The van der Waals surface area contributed by atoms with E-state index in [-0.39, 0.29) is 41.6 Å². The minimum atomic E-state index is -0.474. The van der Waals surface area contributed by atoms with Gasteiger partial charge in [0, 0.05) is 42.4 Å². The van der Waals surface area contributed by atoms with E-state index in [1.807, 2.05) is 32.0 Å². The average molecular weight is 503 g/mol. The fourth-order valence-corrected chi connectivity index (χ4v) is 5.70. The van der Waals surface area contributed by atoms with Crippen LogP contribution in [0.25, 0.3) is 22.0 Å². The van der Waals surface area contributed by atoms with Crippen molar-refractivity contribution < 1.29 is 14.4 Å². The molecule has 5 rings (SSSR count). The van der Waals surface area contributed by atoms with Crippen molar-refractivity contribution in [2.45, 2.75) is 85.0 Å². The minimum Gasteiger partial charge on any atom is -0.352 e. The van der Waals surface area contributed by atoms with E-state index in [4.69, 9.17) is 0 Å². The molecular weight excluding hydrogens is 468 g/mol. The topological polar surface area (TPSA) is 110 Å². The third-order valence-corrected chi connectivity index (χ3v) is 7.82. The van der Waals surface area contributed by atoms with Gasteiger partial charge in [0.25, 0.3) is 0 Å². The quantitative estimate of drug-likeness (QED) is 0.471. The molecule has 1 N–H and O–H groups in total. The molecule has 2 aliphatic rings. The highest BCUT2D eigenvalue weighted by atomic mass is 16.2. The van der Waals surface area contributed by atoms with Crippen LogP contribution in [0.3, 0.4) is 0 Å². The van der Waals surface area contributed by atoms with Crippen molar-refractivity contribution in [2.75, 3.05) is 0 Å². The molecule has 2 amide bonds. The standard InChI is InChI=1S/C28H34N6O3/c1-6-7-16(2)31-27(37)23-11-28(5)12-24(28)34(23)25(36)15-33-22-9-8-19(20-13-29-18(4)30-14-20)10-21(22)26(32-33)17(3)35/h8-10,13-14,16,23-24H,6-7,11-12,15H2,1-5H3,(H,31,37)/t16-,23+,24?,28+/m1/s1. The van der Waals surface area contributed by atoms with Crippen LogP contribution in [-0.4, -0.2) is 60.4 Å². The smallest absolute Gasteiger partial charge is 0.245 e. The molecule has 3 aromatic rings. The second-order valence-electron chi connectivity index (χ2n) is 10.9. The van der Waals surface area contributed by atoms with Gasteiger partial charge in [-0.2, -0.15) is 5.10 Å². The zero-order valence-electron chi connectivity index (χ0n) is 22.1. The number of aromatic nitrogens is 4. The summed E-state index contributed by atoms with van der Waals surface area (Å²) in [5.41, 5.74) is 2.71. The highest BCUT2D eigenvalue weighted by molar-refractivity contribution is 6.06. The van der Waals surface area contributed by atoms with Gasteiger partial charge in [0.05, 0.1) is 5.52 Å². The number of nitrogens with one attached hydrogen (secondary N) is 1. The number of benzene rings is 1. The van der Waals surface area contributed by atoms with Crippen LogP contribution in [0.4, 0.5) is 0 Å². The third-order valence-electron chi connectivity index (χ3n) is 7.82. The number of amides is 2. The van der Waals surface area contributed by atoms with Gasteiger partial charge in [-0.15, -0.1) is 0 Å². The molecule has 1 saturated heterocycles. The molecule has 37 heavy (non-hydrogen) atoms. The fourth-order valence-electron chi connectivity index (χ4n) is 5.70. The first-order chi connectivity index (χ1) is 17.6. The lowest BCUT2D eigenvalue weighted by atomic mass is 10.0. The normalized spacial score (nSPS) is 23.1. The number of hydrogen-bond donors (Lipinski definition) is 1. The molecule has 2 fully saturated rings. The first-order valence-corrected chi connectivity index (χ1v) is 13.0. The number of carbonyl (C=O) groups is 3. The molecule has 9 heteroatoms. The lowest BCUT2D eigenvalue weighted by Crippen LogP contribution is -2.50. The number of ketones is 1. The van der Waals surface area contributed by atoms with Crippen molar-refractivity contribution in [1.29, 1.82) is 0 Å². The van der Waals surface area contributed by atoms with E-state index < -0.39 is 6.04 Å². The molecule has 1 aliphatic carbocycles. The maximum atomic E-state index is 13.6. The van der Waals surface area contributed by atoms with E-state index >= 15 is 0 Å². The second kappa shape index (κ2) is 9.36. The van der Waals surface area contributed by atoms with E-state index in [9.17, 15) is 14.4 Å². The van der Waals surface area contributed by atoms with Crippen LogP contribution < -0.4 is 5.32 Å². The van der Waals surface area contributed by atoms with Crippen LogP contribution in [0.2, 0.25) is 0 Å². The zero-order chi connectivity index (χ0) is 26.5. The van der Waals surface area contributed by atoms with Gasteiger partial charge in [-0.3, -0.25) is 19.1 Å². The van der Waals surface area contributed by atoms with Crippen molar-refractivity contribution in [3.8, 4) is 11.1 Å². The Labute approximate surface area is 216 Å². The summed E-state index contributed by atoms with van der Waals surface area (Å²) in [6.07, 6.45) is 6.96. The Balaban J connectivity index is 1.43. The molecule has 1 unspecified atom stereocenters. The summed E-state index contributed by atoms with van der Waals surface area (Å²) >= 11 is 0. The molecule has 1 aliphatic heterocycles. The number of hydrogen-bond acceptors (Lipinski definition) is 6. The highest BCUT2D eigenvalue weighted by Gasteiger charge is 2.64. The van der Waals surface area contributed by atoms with Crippen molar-refractivity contribution in [3.05, 3.63) is 42.1 Å². The zero-order valence-corrected chi connectivity index (χ0v) is 22.1. The molecular formula is C28H34N6O3.